The molecule has 4 N–H and O–H groups in total. The topological polar surface area (TPSA) is 189 Å². The number of rotatable bonds is 14. The summed E-state index contributed by atoms with van der Waals surface area (Å²) in [5.41, 5.74) is 5.27. The number of carbonyl (C=O) groups excluding carboxylic acids is 2. The molecule has 0 saturated carbocycles. The number of halogens is 2. The molecule has 68 heavy (non-hydrogen) atoms. The van der Waals surface area contributed by atoms with Crippen LogP contribution in [0.3, 0.4) is 0 Å². The highest BCUT2D eigenvalue weighted by atomic mass is 35.5. The van der Waals surface area contributed by atoms with E-state index in [1.165, 1.54) is 13.8 Å². The molecule has 16 heteroatoms. The number of aliphatic hydroxyl groups excluding tert-OH is 4. The van der Waals surface area contributed by atoms with Crippen LogP contribution in [0.2, 0.25) is 10.0 Å². The molecule has 0 radical (unpaired) electrons. The molecule has 4 aromatic rings. The van der Waals surface area contributed by atoms with Crippen molar-refractivity contribution in [2.24, 2.45) is 5.92 Å². The monoisotopic (exact) mass is 980 g/mol. The minimum absolute atomic E-state index is 0.0931. The molecular formula is C52H62Cl2O14. The molecule has 4 heterocycles. The fourth-order valence-corrected chi connectivity index (χ4v) is 9.46. The van der Waals surface area contributed by atoms with E-state index in [0.29, 0.717) is 41.7 Å². The summed E-state index contributed by atoms with van der Waals surface area (Å²) in [5.74, 6) is 0.584. The lowest BCUT2D eigenvalue weighted by Crippen LogP contribution is -2.55. The first-order valence-corrected chi connectivity index (χ1v) is 24.0. The van der Waals surface area contributed by atoms with Crippen molar-refractivity contribution in [1.82, 2.24) is 0 Å². The maximum atomic E-state index is 12.0. The van der Waals surface area contributed by atoms with Gasteiger partial charge in [0, 0.05) is 42.7 Å². The highest BCUT2D eigenvalue weighted by molar-refractivity contribution is 6.31. The predicted molar refractivity (Wildman–Crippen MR) is 252 cm³/mol. The van der Waals surface area contributed by atoms with E-state index in [4.69, 9.17) is 61.1 Å². The summed E-state index contributed by atoms with van der Waals surface area (Å²) in [6.45, 7) is 8.92. The molecule has 4 saturated heterocycles. The molecule has 0 amide bonds. The first-order valence-electron chi connectivity index (χ1n) is 23.2. The van der Waals surface area contributed by atoms with Gasteiger partial charge in [-0.05, 0) is 89.0 Å². The number of esters is 2. The van der Waals surface area contributed by atoms with Crippen LogP contribution >= 0.6 is 23.2 Å². The van der Waals surface area contributed by atoms with Gasteiger partial charge in [0.05, 0.1) is 39.1 Å². The predicted octanol–water partition coefficient (Wildman–Crippen LogP) is 7.06. The zero-order valence-electron chi connectivity index (χ0n) is 38.7. The molecule has 4 fully saturated rings. The van der Waals surface area contributed by atoms with Crippen molar-refractivity contribution < 1.29 is 67.9 Å². The average Bonchev–Trinajstić information content (AvgIpc) is 4.05. The van der Waals surface area contributed by atoms with Gasteiger partial charge in [-0.15, -0.1) is 0 Å². The van der Waals surface area contributed by atoms with Crippen LogP contribution in [0.4, 0.5) is 0 Å². The van der Waals surface area contributed by atoms with Gasteiger partial charge in [0.1, 0.15) is 66.4 Å². The summed E-state index contributed by atoms with van der Waals surface area (Å²) >= 11 is 13.0. The van der Waals surface area contributed by atoms with Gasteiger partial charge in [0.25, 0.3) is 0 Å². The number of carbonyl (C=O) groups is 2. The summed E-state index contributed by atoms with van der Waals surface area (Å²) in [4.78, 5) is 23.9. The third-order valence-corrected chi connectivity index (χ3v) is 13.5. The van der Waals surface area contributed by atoms with Crippen LogP contribution in [0.15, 0.2) is 84.9 Å². The highest BCUT2D eigenvalue weighted by Crippen LogP contribution is 2.41. The van der Waals surface area contributed by atoms with Crippen molar-refractivity contribution in [3.63, 3.8) is 0 Å². The van der Waals surface area contributed by atoms with Crippen molar-refractivity contribution in [3.8, 4) is 11.5 Å². The fraction of sp³-hybridized carbons (Fsp3) is 0.500. The van der Waals surface area contributed by atoms with Crippen LogP contribution in [0.5, 0.6) is 11.5 Å². The second kappa shape index (κ2) is 24.0. The van der Waals surface area contributed by atoms with Crippen molar-refractivity contribution in [3.05, 3.63) is 128 Å². The van der Waals surface area contributed by atoms with E-state index in [2.05, 4.69) is 0 Å². The van der Waals surface area contributed by atoms with E-state index < -0.39 is 67.4 Å². The van der Waals surface area contributed by atoms with Gasteiger partial charge in [-0.1, -0.05) is 85.6 Å². The second-order valence-electron chi connectivity index (χ2n) is 17.8. The minimum atomic E-state index is -1.42. The van der Waals surface area contributed by atoms with Crippen LogP contribution < -0.4 is 9.47 Å². The number of aliphatic hydroxyl groups is 4. The quantitative estimate of drug-likeness (QED) is 0.0940. The van der Waals surface area contributed by atoms with E-state index in [-0.39, 0.29) is 24.2 Å². The zero-order valence-corrected chi connectivity index (χ0v) is 40.2. The Kier molecular flexibility index (Phi) is 18.2. The van der Waals surface area contributed by atoms with Crippen molar-refractivity contribution in [2.45, 2.75) is 127 Å². The Morgan fingerprint density at radius 3 is 1.54 bits per heavy atom. The summed E-state index contributed by atoms with van der Waals surface area (Å²) in [6, 6.07) is 26.7. The van der Waals surface area contributed by atoms with E-state index in [0.717, 1.165) is 71.8 Å². The number of ether oxygens (including phenoxy) is 8. The normalized spacial score (nSPS) is 29.1. The van der Waals surface area contributed by atoms with E-state index in [9.17, 15) is 30.0 Å². The Hall–Kier alpha value is -4.32. The van der Waals surface area contributed by atoms with Gasteiger partial charge in [-0.2, -0.15) is 0 Å². The molecule has 14 nitrogen and oxygen atoms in total. The van der Waals surface area contributed by atoms with Crippen molar-refractivity contribution >= 4 is 35.1 Å². The first kappa shape index (κ1) is 51.5. The van der Waals surface area contributed by atoms with Gasteiger partial charge < -0.3 is 58.3 Å². The summed E-state index contributed by atoms with van der Waals surface area (Å²) in [6.07, 6.45) is -4.30. The van der Waals surface area contributed by atoms with Crippen molar-refractivity contribution in [1.29, 1.82) is 0 Å². The van der Waals surface area contributed by atoms with Gasteiger partial charge in [0.2, 0.25) is 0 Å². The molecular weight excluding hydrogens is 919 g/mol. The summed E-state index contributed by atoms with van der Waals surface area (Å²) in [5, 5.41) is 41.1. The molecule has 8 rings (SSSR count). The Morgan fingerprint density at radius 2 is 1.10 bits per heavy atom. The number of hydrogen-bond donors (Lipinski definition) is 4. The van der Waals surface area contributed by atoms with Crippen LogP contribution in [0.1, 0.15) is 92.5 Å². The molecule has 368 valence electrons. The third kappa shape index (κ3) is 13.1. The summed E-state index contributed by atoms with van der Waals surface area (Å²) < 4.78 is 46.0. The van der Waals surface area contributed by atoms with E-state index in [1.807, 2.05) is 86.6 Å². The Bertz CT molecular complexity index is 2260. The molecule has 12 atom stereocenters. The zero-order chi connectivity index (χ0) is 48.5. The first-order chi connectivity index (χ1) is 32.7. The molecule has 0 unspecified atom stereocenters. The lowest BCUT2D eigenvalue weighted by molar-refractivity contribution is -0.231. The fourth-order valence-electron chi connectivity index (χ4n) is 9.09. The SMILES string of the molecule is CC[C@H]1O[C@@H](c2ccc(Cl)c(Cc3ccc(O[C@H]4CCOC4)cc3)c2)[C@H](OC(C)=O)[C@@H](OC(C)=O)[C@@H]1C.OC[C@H]1O[C@@H](c2ccc(Cl)c(Cc3ccc(O[C@H]4CCOC4)cc3)c2)[C@H](O)[C@@H](O)[C@@H]1O. The Morgan fingerprint density at radius 1 is 0.632 bits per heavy atom. The Labute approximate surface area is 407 Å². The van der Waals surface area contributed by atoms with Crippen LogP contribution in [0.25, 0.3) is 0 Å². The second-order valence-corrected chi connectivity index (χ2v) is 18.6. The van der Waals surface area contributed by atoms with Crippen LogP contribution in [-0.2, 0) is 50.9 Å². The lowest BCUT2D eigenvalue weighted by Gasteiger charge is -2.44. The van der Waals surface area contributed by atoms with Crippen LogP contribution in [0, 0.1) is 5.92 Å². The van der Waals surface area contributed by atoms with Gasteiger partial charge in [0.15, 0.2) is 6.10 Å². The summed E-state index contributed by atoms with van der Waals surface area (Å²) in [7, 11) is 0. The standard InChI is InChI=1S/C29H35ClO7.C23H27ClO7/c1-5-26-17(2)27(34-18(3)31)29(35-19(4)32)28(37-26)21-8-11-25(30)22(15-21)14-20-6-9-23(10-7-20)36-24-12-13-33-16-24;24-18-6-3-14(23-22(28)21(27)20(26)19(11-25)31-23)10-15(18)9-13-1-4-16(5-2-13)30-17-7-8-29-12-17/h6-11,15,17,24,26-29H,5,12-14,16H2,1-4H3;1-6,10,17,19-23,25-28H,7-9,11-12H2/t17-,24+,26-,27+,28+,29-;17-,19+,20+,21-,22+,23-/m10/s1. The van der Waals surface area contributed by atoms with Gasteiger partial charge >= 0.3 is 11.9 Å². The largest absolute Gasteiger partial charge is 0.488 e. The molecule has 0 aromatic heterocycles. The number of hydrogen-bond acceptors (Lipinski definition) is 14. The maximum Gasteiger partial charge on any atom is 0.303 e. The maximum absolute atomic E-state index is 12.0. The minimum Gasteiger partial charge on any atom is -0.488 e. The lowest BCUT2D eigenvalue weighted by atomic mass is 9.84. The highest BCUT2D eigenvalue weighted by Gasteiger charge is 2.48. The third-order valence-electron chi connectivity index (χ3n) is 12.8. The van der Waals surface area contributed by atoms with E-state index in [1.54, 1.807) is 12.1 Å². The molecule has 4 aliphatic heterocycles. The molecule has 0 bridgehead atoms. The van der Waals surface area contributed by atoms with Gasteiger partial charge in [-0.3, -0.25) is 9.59 Å². The van der Waals surface area contributed by atoms with Gasteiger partial charge in [-0.25, -0.2) is 0 Å². The van der Waals surface area contributed by atoms with Crippen molar-refractivity contribution in [2.75, 3.05) is 33.0 Å². The van der Waals surface area contributed by atoms with Crippen LogP contribution in [-0.4, -0.2) is 120 Å². The molecule has 4 aliphatic rings. The molecule has 0 spiro atoms. The molecule has 4 aromatic carbocycles. The van der Waals surface area contributed by atoms with E-state index >= 15 is 0 Å². The molecule has 0 aliphatic carbocycles. The smallest absolute Gasteiger partial charge is 0.303 e. The number of benzene rings is 4. The average molecular weight is 982 g/mol. The Balaban J connectivity index is 0.000000204.